The van der Waals surface area contributed by atoms with Crippen molar-refractivity contribution in [3.05, 3.63) is 84.2 Å². The zero-order valence-electron chi connectivity index (χ0n) is 11.8. The smallest absolute Gasteiger partial charge is 0.345 e. The Bertz CT molecular complexity index is 868. The minimum Gasteiger partial charge on any atom is -0.423 e. The molecule has 2 aliphatic rings. The third-order valence-electron chi connectivity index (χ3n) is 3.74. The molecule has 1 aromatic carbocycles. The maximum atomic E-state index is 12.4. The molecule has 0 unspecified atom stereocenters. The van der Waals surface area contributed by atoms with Crippen LogP contribution < -0.4 is 0 Å². The van der Waals surface area contributed by atoms with Crippen molar-refractivity contribution >= 4 is 16.9 Å². The van der Waals surface area contributed by atoms with Gasteiger partial charge in [-0.15, -0.1) is 0 Å². The average molecular weight is 290 g/mol. The van der Waals surface area contributed by atoms with Crippen LogP contribution in [0.2, 0.25) is 0 Å². The summed E-state index contributed by atoms with van der Waals surface area (Å²) in [6.45, 7) is 0. The van der Waals surface area contributed by atoms with Gasteiger partial charge in [-0.2, -0.15) is 0 Å². The van der Waals surface area contributed by atoms with Crippen molar-refractivity contribution in [2.75, 3.05) is 0 Å². The molecule has 0 fully saturated rings. The molecule has 3 heterocycles. The van der Waals surface area contributed by atoms with E-state index in [1.807, 2.05) is 47.6 Å². The van der Waals surface area contributed by atoms with Crippen LogP contribution in [0.15, 0.2) is 78.6 Å². The van der Waals surface area contributed by atoms with Gasteiger partial charge in [0, 0.05) is 41.3 Å². The molecule has 0 radical (unpaired) electrons. The highest BCUT2D eigenvalue weighted by Crippen LogP contribution is 2.24. The van der Waals surface area contributed by atoms with Crippen LogP contribution in [-0.4, -0.2) is 15.9 Å². The zero-order chi connectivity index (χ0) is 14.9. The van der Waals surface area contributed by atoms with Gasteiger partial charge in [-0.05, 0) is 18.6 Å². The molecule has 22 heavy (non-hydrogen) atoms. The van der Waals surface area contributed by atoms with E-state index in [0.717, 1.165) is 23.0 Å². The Morgan fingerprint density at radius 1 is 1.23 bits per heavy atom. The van der Waals surface area contributed by atoms with E-state index in [4.69, 9.17) is 4.74 Å². The normalized spacial score (nSPS) is 16.3. The number of esters is 1. The second kappa shape index (κ2) is 5.07. The van der Waals surface area contributed by atoms with E-state index in [1.54, 1.807) is 12.3 Å². The number of ether oxygens (including phenoxy) is 1. The number of carbonyl (C=O) groups excluding carboxylic acids is 1. The van der Waals surface area contributed by atoms with E-state index >= 15 is 0 Å². The number of carbonyl (C=O) groups is 1. The van der Waals surface area contributed by atoms with E-state index in [9.17, 15) is 4.79 Å². The van der Waals surface area contributed by atoms with Gasteiger partial charge >= 0.3 is 5.97 Å². The molecule has 2 aromatic rings. The maximum absolute atomic E-state index is 12.4. The first-order valence-corrected chi connectivity index (χ1v) is 7.14. The van der Waals surface area contributed by atoms with Crippen molar-refractivity contribution in [2.45, 2.75) is 6.42 Å². The second-order valence-corrected chi connectivity index (χ2v) is 5.16. The van der Waals surface area contributed by atoms with Crippen molar-refractivity contribution in [1.29, 1.82) is 0 Å². The Balaban J connectivity index is 1.59. The van der Waals surface area contributed by atoms with Crippen LogP contribution in [0.5, 0.6) is 0 Å². The minimum atomic E-state index is -0.353. The van der Waals surface area contributed by atoms with Gasteiger partial charge < -0.3 is 14.6 Å². The summed E-state index contributed by atoms with van der Waals surface area (Å²) in [5, 5.41) is 0.870. The number of aromatic amines is 1. The lowest BCUT2D eigenvalue weighted by molar-refractivity contribution is 0.0637. The molecular weight excluding hydrogens is 276 g/mol. The second-order valence-electron chi connectivity index (χ2n) is 5.16. The fourth-order valence-electron chi connectivity index (χ4n) is 2.64. The molecular formula is C18H14N2O2. The number of allylic oxidation sites excluding steroid dienone is 4. The summed E-state index contributed by atoms with van der Waals surface area (Å²) < 4.78 is 5.52. The Labute approximate surface area is 127 Å². The molecule has 0 spiro atoms. The number of hydrogen-bond donors (Lipinski definition) is 1. The molecule has 0 saturated carbocycles. The Kier molecular flexibility index (Phi) is 2.93. The molecule has 108 valence electrons. The van der Waals surface area contributed by atoms with E-state index < -0.39 is 0 Å². The molecule has 4 rings (SSSR count). The molecule has 1 aromatic heterocycles. The van der Waals surface area contributed by atoms with Gasteiger partial charge in [-0.1, -0.05) is 30.4 Å². The van der Waals surface area contributed by atoms with Crippen molar-refractivity contribution in [3.63, 3.8) is 0 Å². The predicted octanol–water partition coefficient (Wildman–Crippen LogP) is 3.84. The van der Waals surface area contributed by atoms with Gasteiger partial charge in [0.15, 0.2) is 0 Å². The highest BCUT2D eigenvalue weighted by molar-refractivity contribution is 6.04. The molecule has 4 nitrogen and oxygen atoms in total. The third-order valence-corrected chi connectivity index (χ3v) is 3.74. The van der Waals surface area contributed by atoms with Gasteiger partial charge in [0.05, 0.1) is 5.56 Å². The Hall–Kier alpha value is -3.01. The Morgan fingerprint density at radius 3 is 3.09 bits per heavy atom. The summed E-state index contributed by atoms with van der Waals surface area (Å²) in [5.41, 5.74) is 2.49. The number of para-hydroxylation sites is 1. The standard InChI is InChI=1S/C18H14N2O2/c21-18(16-12-19-17-7-2-1-6-15(16)17)22-14-8-10-20-9-4-3-5-13(20)11-14/h1-2,4-12,19H,3H2. The molecule has 1 N–H and O–H groups in total. The van der Waals surface area contributed by atoms with Crippen LogP contribution in [-0.2, 0) is 4.74 Å². The van der Waals surface area contributed by atoms with Gasteiger partial charge in [0.25, 0.3) is 0 Å². The first kappa shape index (κ1) is 12.7. The molecule has 0 bridgehead atoms. The molecule has 2 aliphatic heterocycles. The summed E-state index contributed by atoms with van der Waals surface area (Å²) in [6, 6.07) is 7.68. The van der Waals surface area contributed by atoms with Crippen LogP contribution in [0.1, 0.15) is 16.8 Å². The van der Waals surface area contributed by atoms with Crippen molar-refractivity contribution in [1.82, 2.24) is 9.88 Å². The highest BCUT2D eigenvalue weighted by atomic mass is 16.5. The fraction of sp³-hybridized carbons (Fsp3) is 0.0556. The van der Waals surface area contributed by atoms with Crippen LogP contribution in [0.3, 0.4) is 0 Å². The Morgan fingerprint density at radius 2 is 2.14 bits per heavy atom. The predicted molar refractivity (Wildman–Crippen MR) is 84.6 cm³/mol. The van der Waals surface area contributed by atoms with Crippen LogP contribution in [0, 0.1) is 0 Å². The minimum absolute atomic E-state index is 0.353. The number of nitrogens with zero attached hydrogens (tertiary/aromatic N) is 1. The van der Waals surface area contributed by atoms with E-state index in [-0.39, 0.29) is 5.97 Å². The van der Waals surface area contributed by atoms with Crippen LogP contribution in [0.25, 0.3) is 10.9 Å². The number of nitrogens with one attached hydrogen (secondary N) is 1. The van der Waals surface area contributed by atoms with Gasteiger partial charge in [0.2, 0.25) is 0 Å². The number of rotatable bonds is 2. The van der Waals surface area contributed by atoms with Crippen molar-refractivity contribution in [3.8, 4) is 0 Å². The summed E-state index contributed by atoms with van der Waals surface area (Å²) in [4.78, 5) is 17.5. The number of H-pyrrole nitrogens is 1. The number of hydrogen-bond acceptors (Lipinski definition) is 3. The van der Waals surface area contributed by atoms with E-state index in [0.29, 0.717) is 11.3 Å². The van der Waals surface area contributed by atoms with E-state index in [2.05, 4.69) is 17.1 Å². The van der Waals surface area contributed by atoms with Crippen LogP contribution in [0.4, 0.5) is 0 Å². The third kappa shape index (κ3) is 2.15. The van der Waals surface area contributed by atoms with Crippen LogP contribution >= 0.6 is 0 Å². The monoisotopic (exact) mass is 290 g/mol. The van der Waals surface area contributed by atoms with E-state index in [1.165, 1.54) is 0 Å². The molecule has 0 aliphatic carbocycles. The molecule has 0 saturated heterocycles. The first-order chi connectivity index (χ1) is 10.8. The fourth-order valence-corrected chi connectivity index (χ4v) is 2.64. The quantitative estimate of drug-likeness (QED) is 0.855. The summed E-state index contributed by atoms with van der Waals surface area (Å²) in [6.07, 6.45) is 14.3. The zero-order valence-corrected chi connectivity index (χ0v) is 11.8. The lowest BCUT2D eigenvalue weighted by atomic mass is 10.1. The van der Waals surface area contributed by atoms with Crippen molar-refractivity contribution in [2.24, 2.45) is 0 Å². The highest BCUT2D eigenvalue weighted by Gasteiger charge is 2.17. The lowest BCUT2D eigenvalue weighted by Gasteiger charge is -2.23. The van der Waals surface area contributed by atoms with Gasteiger partial charge in [-0.3, -0.25) is 0 Å². The number of aromatic nitrogens is 1. The number of benzene rings is 1. The first-order valence-electron chi connectivity index (χ1n) is 7.14. The maximum Gasteiger partial charge on any atom is 0.345 e. The number of fused-ring (bicyclic) bond motifs is 2. The van der Waals surface area contributed by atoms with Crippen molar-refractivity contribution < 1.29 is 9.53 Å². The largest absolute Gasteiger partial charge is 0.423 e. The summed E-state index contributed by atoms with van der Waals surface area (Å²) >= 11 is 0. The van der Waals surface area contributed by atoms with Gasteiger partial charge in [-0.25, -0.2) is 4.79 Å². The SMILES string of the molecule is O=C(OC1=CC2=CCC=CN2C=C1)c1c[nH]c2ccccc12. The summed E-state index contributed by atoms with van der Waals surface area (Å²) in [5.74, 6) is 0.196. The molecule has 4 heteroatoms. The lowest BCUT2D eigenvalue weighted by Crippen LogP contribution is -2.15. The molecule has 0 amide bonds. The van der Waals surface area contributed by atoms with Gasteiger partial charge in [0.1, 0.15) is 5.76 Å². The average Bonchev–Trinajstić information content (AvgIpc) is 2.99. The molecule has 0 atom stereocenters. The topological polar surface area (TPSA) is 45.3 Å². The summed E-state index contributed by atoms with van der Waals surface area (Å²) in [7, 11) is 0.